The zero-order valence-electron chi connectivity index (χ0n) is 15.3. The monoisotopic (exact) mass is 340 g/mol. The quantitative estimate of drug-likeness (QED) is 0.494. The number of rotatable bonds is 6. The Bertz CT molecular complexity index is 811. The summed E-state index contributed by atoms with van der Waals surface area (Å²) in [6.45, 7) is 1.78. The Kier molecular flexibility index (Phi) is 5.70. The number of ketones is 1. The summed E-state index contributed by atoms with van der Waals surface area (Å²) in [4.78, 5) is 14.7. The summed E-state index contributed by atoms with van der Waals surface area (Å²) in [6.07, 6.45) is 1.80. The molecule has 0 bridgehead atoms. The fraction of sp³-hybridized carbons (Fsp3) is 0.250. The second kappa shape index (κ2) is 7.75. The number of carbonyl (C=O) groups is 1. The molecule has 25 heavy (non-hydrogen) atoms. The van der Waals surface area contributed by atoms with Crippen LogP contribution in [-0.2, 0) is 0 Å². The minimum Gasteiger partial charge on any atom is -0.497 e. The SMILES string of the molecule is COc1ccc(OC)c(C=C(C)C(=O)c2ccc(N)c(N(C)C)c2)c1. The van der Waals surface area contributed by atoms with Gasteiger partial charge in [-0.25, -0.2) is 0 Å². The van der Waals surface area contributed by atoms with Crippen LogP contribution in [-0.4, -0.2) is 34.1 Å². The molecule has 0 amide bonds. The van der Waals surface area contributed by atoms with Crippen molar-refractivity contribution >= 4 is 23.2 Å². The standard InChI is InChI=1S/C20H24N2O3/c1-13(10-15-11-16(24-4)7-9-19(15)25-5)20(23)14-6-8-17(21)18(12-14)22(2)3/h6-12H,21H2,1-5H3. The molecule has 0 unspecified atom stereocenters. The van der Waals surface area contributed by atoms with Gasteiger partial charge in [0.15, 0.2) is 5.78 Å². The molecule has 2 rings (SSSR count). The van der Waals surface area contributed by atoms with Gasteiger partial charge in [-0.05, 0) is 55.0 Å². The van der Waals surface area contributed by atoms with Crippen LogP contribution in [0.2, 0.25) is 0 Å². The largest absolute Gasteiger partial charge is 0.497 e. The van der Waals surface area contributed by atoms with Gasteiger partial charge in [-0.2, -0.15) is 0 Å². The van der Waals surface area contributed by atoms with E-state index >= 15 is 0 Å². The number of benzene rings is 2. The van der Waals surface area contributed by atoms with E-state index in [9.17, 15) is 4.79 Å². The lowest BCUT2D eigenvalue weighted by atomic mass is 10.0. The van der Waals surface area contributed by atoms with Gasteiger partial charge < -0.3 is 20.1 Å². The molecule has 5 heteroatoms. The molecule has 132 valence electrons. The molecule has 2 aromatic carbocycles. The van der Waals surface area contributed by atoms with E-state index in [-0.39, 0.29) is 5.78 Å². The lowest BCUT2D eigenvalue weighted by molar-refractivity contribution is 0.103. The van der Waals surface area contributed by atoms with Crippen molar-refractivity contribution in [3.05, 3.63) is 53.1 Å². The third-order valence-electron chi connectivity index (χ3n) is 3.94. The Balaban J connectivity index is 2.40. The normalized spacial score (nSPS) is 11.2. The number of nitrogens with two attached hydrogens (primary N) is 1. The summed E-state index contributed by atoms with van der Waals surface area (Å²) in [5.74, 6) is 1.32. The highest BCUT2D eigenvalue weighted by molar-refractivity contribution is 6.11. The van der Waals surface area contributed by atoms with Crippen LogP contribution in [0.25, 0.3) is 6.08 Å². The third kappa shape index (κ3) is 4.12. The number of hydrogen-bond acceptors (Lipinski definition) is 5. The second-order valence-electron chi connectivity index (χ2n) is 5.93. The Morgan fingerprint density at radius 3 is 2.40 bits per heavy atom. The number of anilines is 2. The maximum absolute atomic E-state index is 12.8. The highest BCUT2D eigenvalue weighted by atomic mass is 16.5. The van der Waals surface area contributed by atoms with Crippen LogP contribution in [0.15, 0.2) is 42.0 Å². The molecule has 0 aliphatic heterocycles. The van der Waals surface area contributed by atoms with Crippen molar-refractivity contribution in [3.63, 3.8) is 0 Å². The molecule has 0 saturated carbocycles. The maximum Gasteiger partial charge on any atom is 0.188 e. The molecule has 5 nitrogen and oxygen atoms in total. The van der Waals surface area contributed by atoms with Crippen LogP contribution in [0, 0.1) is 0 Å². The van der Waals surface area contributed by atoms with Crippen LogP contribution < -0.4 is 20.1 Å². The van der Waals surface area contributed by atoms with Gasteiger partial charge in [0.2, 0.25) is 0 Å². The number of nitrogens with zero attached hydrogens (tertiary/aromatic N) is 1. The number of nitrogen functional groups attached to an aromatic ring is 1. The van der Waals surface area contributed by atoms with Crippen molar-refractivity contribution in [2.45, 2.75) is 6.92 Å². The van der Waals surface area contributed by atoms with Gasteiger partial charge in [0.25, 0.3) is 0 Å². The van der Waals surface area contributed by atoms with Crippen molar-refractivity contribution in [1.29, 1.82) is 0 Å². The van der Waals surface area contributed by atoms with Crippen LogP contribution in [0.5, 0.6) is 11.5 Å². The third-order valence-corrected chi connectivity index (χ3v) is 3.94. The number of carbonyl (C=O) groups excluding carboxylic acids is 1. The average Bonchev–Trinajstić information content (AvgIpc) is 2.61. The van der Waals surface area contributed by atoms with Crippen molar-refractivity contribution in [3.8, 4) is 11.5 Å². The van der Waals surface area contributed by atoms with Gasteiger partial charge in [0.1, 0.15) is 11.5 Å². The van der Waals surface area contributed by atoms with Crippen LogP contribution in [0.3, 0.4) is 0 Å². The van der Waals surface area contributed by atoms with E-state index in [0.717, 1.165) is 11.3 Å². The van der Waals surface area contributed by atoms with Gasteiger partial charge >= 0.3 is 0 Å². The summed E-state index contributed by atoms with van der Waals surface area (Å²) >= 11 is 0. The molecule has 0 atom stereocenters. The zero-order valence-corrected chi connectivity index (χ0v) is 15.3. The van der Waals surface area contributed by atoms with E-state index in [2.05, 4.69) is 0 Å². The van der Waals surface area contributed by atoms with Crippen molar-refractivity contribution < 1.29 is 14.3 Å². The number of hydrogen-bond donors (Lipinski definition) is 1. The predicted molar refractivity (Wildman–Crippen MR) is 103 cm³/mol. The van der Waals surface area contributed by atoms with E-state index in [1.807, 2.05) is 37.2 Å². The minimum absolute atomic E-state index is 0.0621. The molecule has 0 spiro atoms. The smallest absolute Gasteiger partial charge is 0.188 e. The number of Topliss-reactive ketones (excluding diaryl/α,β-unsaturated/α-hetero) is 1. The summed E-state index contributed by atoms with van der Waals surface area (Å²) < 4.78 is 10.6. The molecule has 0 aromatic heterocycles. The first-order valence-corrected chi connectivity index (χ1v) is 7.89. The van der Waals surface area contributed by atoms with E-state index in [4.69, 9.17) is 15.2 Å². The Labute approximate surface area is 148 Å². The van der Waals surface area contributed by atoms with Gasteiger partial charge in [-0.1, -0.05) is 0 Å². The molecule has 0 radical (unpaired) electrons. The van der Waals surface area contributed by atoms with Crippen molar-refractivity contribution in [2.75, 3.05) is 38.9 Å². The molecular formula is C20H24N2O3. The molecule has 2 N–H and O–H groups in total. The number of ether oxygens (including phenoxy) is 2. The van der Waals surface area contributed by atoms with Gasteiger partial charge in [-0.15, -0.1) is 0 Å². The van der Waals surface area contributed by atoms with E-state index in [1.165, 1.54) is 0 Å². The van der Waals surface area contributed by atoms with Crippen LogP contribution >= 0.6 is 0 Å². The van der Waals surface area contributed by atoms with E-state index < -0.39 is 0 Å². The molecule has 2 aromatic rings. The van der Waals surface area contributed by atoms with Crippen LogP contribution in [0.1, 0.15) is 22.8 Å². The van der Waals surface area contributed by atoms with Gasteiger partial charge in [-0.3, -0.25) is 4.79 Å². The first kappa shape index (κ1) is 18.4. The van der Waals surface area contributed by atoms with Crippen molar-refractivity contribution in [1.82, 2.24) is 0 Å². The summed E-state index contributed by atoms with van der Waals surface area (Å²) in [5.41, 5.74) is 9.39. The minimum atomic E-state index is -0.0621. The fourth-order valence-electron chi connectivity index (χ4n) is 2.55. The highest BCUT2D eigenvalue weighted by Gasteiger charge is 2.13. The Morgan fingerprint density at radius 1 is 1.08 bits per heavy atom. The summed E-state index contributed by atoms with van der Waals surface area (Å²) in [7, 11) is 6.98. The first-order valence-electron chi connectivity index (χ1n) is 7.89. The van der Waals surface area contributed by atoms with Gasteiger partial charge in [0, 0.05) is 25.2 Å². The molecule has 0 fully saturated rings. The maximum atomic E-state index is 12.8. The second-order valence-corrected chi connectivity index (χ2v) is 5.93. The Morgan fingerprint density at radius 2 is 1.80 bits per heavy atom. The molecule has 0 aliphatic rings. The topological polar surface area (TPSA) is 64.8 Å². The van der Waals surface area contributed by atoms with E-state index in [1.54, 1.807) is 45.4 Å². The lowest BCUT2D eigenvalue weighted by Crippen LogP contribution is -2.12. The molecule has 0 saturated heterocycles. The summed E-state index contributed by atoms with van der Waals surface area (Å²) in [5, 5.41) is 0. The number of methoxy groups -OCH3 is 2. The average molecular weight is 340 g/mol. The first-order chi connectivity index (χ1) is 11.9. The van der Waals surface area contributed by atoms with Gasteiger partial charge in [0.05, 0.1) is 25.6 Å². The highest BCUT2D eigenvalue weighted by Crippen LogP contribution is 2.28. The Hall–Kier alpha value is -2.95. The molecule has 0 heterocycles. The number of allylic oxidation sites excluding steroid dienone is 1. The zero-order chi connectivity index (χ0) is 18.6. The summed E-state index contributed by atoms with van der Waals surface area (Å²) in [6, 6.07) is 10.8. The van der Waals surface area contributed by atoms with Crippen LogP contribution in [0.4, 0.5) is 11.4 Å². The predicted octanol–water partition coefficient (Wildman–Crippen LogP) is 3.64. The fourth-order valence-corrected chi connectivity index (χ4v) is 2.55. The lowest BCUT2D eigenvalue weighted by Gasteiger charge is -2.16. The molecular weight excluding hydrogens is 316 g/mol. The van der Waals surface area contributed by atoms with Crippen molar-refractivity contribution in [2.24, 2.45) is 0 Å². The van der Waals surface area contributed by atoms with E-state index in [0.29, 0.717) is 28.3 Å². The molecule has 0 aliphatic carbocycles.